The van der Waals surface area contributed by atoms with Crippen molar-refractivity contribution in [2.75, 3.05) is 18.4 Å². The molecular formula is C16H19N3O2S. The van der Waals surface area contributed by atoms with E-state index in [1.807, 2.05) is 24.3 Å². The van der Waals surface area contributed by atoms with Crippen LogP contribution >= 0.6 is 11.8 Å². The molecule has 1 aromatic carbocycles. The lowest BCUT2D eigenvalue weighted by molar-refractivity contribution is -0.128. The maximum atomic E-state index is 12.3. The van der Waals surface area contributed by atoms with E-state index in [2.05, 4.69) is 17.2 Å². The molecule has 1 atom stereocenters. The highest BCUT2D eigenvalue weighted by atomic mass is 32.2. The number of aliphatic imine (C=N–C) groups is 1. The number of thioether (sulfide) groups is 1. The predicted octanol–water partition coefficient (Wildman–Crippen LogP) is 2.28. The zero-order valence-corrected chi connectivity index (χ0v) is 13.4. The van der Waals surface area contributed by atoms with Gasteiger partial charge in [-0.1, -0.05) is 36.9 Å². The van der Waals surface area contributed by atoms with E-state index in [1.54, 1.807) is 4.90 Å². The van der Waals surface area contributed by atoms with Crippen LogP contribution in [0.25, 0.3) is 0 Å². The maximum absolute atomic E-state index is 12.3. The van der Waals surface area contributed by atoms with Gasteiger partial charge in [-0.3, -0.25) is 19.5 Å². The topological polar surface area (TPSA) is 61.8 Å². The number of carbonyl (C=O) groups excluding carboxylic acids is 2. The molecule has 0 radical (unpaired) electrons. The second-order valence-electron chi connectivity index (χ2n) is 5.38. The summed E-state index contributed by atoms with van der Waals surface area (Å²) in [6.07, 6.45) is 1.95. The quantitative estimate of drug-likeness (QED) is 0.927. The molecule has 1 N–H and O–H groups in total. The van der Waals surface area contributed by atoms with Crippen LogP contribution in [0.4, 0.5) is 5.69 Å². The van der Waals surface area contributed by atoms with Crippen molar-refractivity contribution in [1.82, 2.24) is 4.90 Å². The van der Waals surface area contributed by atoms with Crippen LogP contribution in [0.3, 0.4) is 0 Å². The first-order valence-corrected chi connectivity index (χ1v) is 8.47. The first-order valence-electron chi connectivity index (χ1n) is 7.59. The first kappa shape index (κ1) is 15.1. The summed E-state index contributed by atoms with van der Waals surface area (Å²) in [6, 6.07) is 7.76. The average Bonchev–Trinajstić information content (AvgIpc) is 2.84. The number of anilines is 1. The highest BCUT2D eigenvalue weighted by Crippen LogP contribution is 2.31. The number of benzene rings is 1. The lowest BCUT2D eigenvalue weighted by Crippen LogP contribution is -2.36. The Kier molecular flexibility index (Phi) is 4.47. The molecule has 1 fully saturated rings. The van der Waals surface area contributed by atoms with Gasteiger partial charge in [0.15, 0.2) is 5.17 Å². The molecule has 1 aromatic rings. The molecule has 6 heteroatoms. The maximum Gasteiger partial charge on any atom is 0.242 e. The third-order valence-electron chi connectivity index (χ3n) is 3.85. The summed E-state index contributed by atoms with van der Waals surface area (Å²) in [5, 5.41) is 3.37. The SMILES string of the molecule is CCc1ccccc1NC(=O)CC1SC2=NCCCN2C1=O. The van der Waals surface area contributed by atoms with Crippen LogP contribution in [0.5, 0.6) is 0 Å². The zero-order valence-electron chi connectivity index (χ0n) is 12.5. The van der Waals surface area contributed by atoms with Crippen LogP contribution in [-0.2, 0) is 16.0 Å². The molecule has 3 rings (SSSR count). The minimum absolute atomic E-state index is 0.0161. The van der Waals surface area contributed by atoms with Crippen LogP contribution in [0.1, 0.15) is 25.3 Å². The van der Waals surface area contributed by atoms with Gasteiger partial charge in [0.2, 0.25) is 11.8 Å². The summed E-state index contributed by atoms with van der Waals surface area (Å²) < 4.78 is 0. The highest BCUT2D eigenvalue weighted by Gasteiger charge is 2.39. The van der Waals surface area contributed by atoms with Gasteiger partial charge in [-0.2, -0.15) is 0 Å². The molecule has 1 unspecified atom stereocenters. The number of fused-ring (bicyclic) bond motifs is 1. The number of hydrogen-bond acceptors (Lipinski definition) is 4. The highest BCUT2D eigenvalue weighted by molar-refractivity contribution is 8.15. The van der Waals surface area contributed by atoms with E-state index in [9.17, 15) is 9.59 Å². The number of carbonyl (C=O) groups is 2. The van der Waals surface area contributed by atoms with Crippen molar-refractivity contribution in [3.8, 4) is 0 Å². The van der Waals surface area contributed by atoms with Crippen LogP contribution in [0, 0.1) is 0 Å². The third-order valence-corrected chi connectivity index (χ3v) is 5.06. The van der Waals surface area contributed by atoms with E-state index in [1.165, 1.54) is 11.8 Å². The minimum Gasteiger partial charge on any atom is -0.326 e. The molecule has 0 bridgehead atoms. The third kappa shape index (κ3) is 3.02. The van der Waals surface area contributed by atoms with Crippen molar-refractivity contribution >= 4 is 34.4 Å². The van der Waals surface area contributed by atoms with E-state index in [4.69, 9.17) is 0 Å². The van der Waals surface area contributed by atoms with Crippen molar-refractivity contribution in [3.63, 3.8) is 0 Å². The Morgan fingerprint density at radius 3 is 3.05 bits per heavy atom. The average molecular weight is 317 g/mol. The molecule has 22 heavy (non-hydrogen) atoms. The Morgan fingerprint density at radius 1 is 1.45 bits per heavy atom. The summed E-state index contributed by atoms with van der Waals surface area (Å²) in [5.74, 6) is -0.102. The number of nitrogens with zero attached hydrogens (tertiary/aromatic N) is 2. The van der Waals surface area contributed by atoms with Crippen molar-refractivity contribution < 1.29 is 9.59 Å². The molecule has 5 nitrogen and oxygen atoms in total. The lowest BCUT2D eigenvalue weighted by atomic mass is 10.1. The van der Waals surface area contributed by atoms with Gasteiger partial charge in [0, 0.05) is 25.2 Å². The molecule has 0 aromatic heterocycles. The monoisotopic (exact) mass is 317 g/mol. The van der Waals surface area contributed by atoms with Crippen molar-refractivity contribution in [2.45, 2.75) is 31.4 Å². The van der Waals surface area contributed by atoms with Crippen molar-refractivity contribution in [3.05, 3.63) is 29.8 Å². The summed E-state index contributed by atoms with van der Waals surface area (Å²) >= 11 is 1.42. The van der Waals surface area contributed by atoms with Gasteiger partial charge in [0.1, 0.15) is 5.25 Å². The summed E-state index contributed by atoms with van der Waals surface area (Å²) in [6.45, 7) is 3.55. The standard InChI is InChI=1S/C16H19N3O2S/c1-2-11-6-3-4-7-12(11)18-14(20)10-13-15(21)19-9-5-8-17-16(19)22-13/h3-4,6-7,13H,2,5,8-10H2,1H3,(H,18,20). The van der Waals surface area contributed by atoms with E-state index in [0.29, 0.717) is 0 Å². The Hall–Kier alpha value is -1.82. The van der Waals surface area contributed by atoms with E-state index in [-0.39, 0.29) is 23.5 Å². The molecule has 2 amide bonds. The second-order valence-corrected chi connectivity index (χ2v) is 6.55. The van der Waals surface area contributed by atoms with Gasteiger partial charge < -0.3 is 5.32 Å². The molecule has 0 aliphatic carbocycles. The van der Waals surface area contributed by atoms with Crippen molar-refractivity contribution in [1.29, 1.82) is 0 Å². The van der Waals surface area contributed by atoms with Crippen LogP contribution < -0.4 is 5.32 Å². The molecule has 116 valence electrons. The normalized spacial score (nSPS) is 20.6. The van der Waals surface area contributed by atoms with Crippen molar-refractivity contribution in [2.24, 2.45) is 4.99 Å². The fourth-order valence-electron chi connectivity index (χ4n) is 2.69. The molecule has 1 saturated heterocycles. The number of aryl methyl sites for hydroxylation is 1. The molecular weight excluding hydrogens is 298 g/mol. The van der Waals surface area contributed by atoms with Gasteiger partial charge in [0.25, 0.3) is 0 Å². The minimum atomic E-state index is -0.342. The zero-order chi connectivity index (χ0) is 15.5. The fourth-order valence-corrected chi connectivity index (χ4v) is 3.88. The number of rotatable bonds is 4. The number of para-hydroxylation sites is 1. The lowest BCUT2D eigenvalue weighted by Gasteiger charge is -2.19. The summed E-state index contributed by atoms with van der Waals surface area (Å²) in [4.78, 5) is 30.6. The second kappa shape index (κ2) is 6.52. The van der Waals surface area contributed by atoms with Gasteiger partial charge in [0.05, 0.1) is 0 Å². The van der Waals surface area contributed by atoms with E-state index < -0.39 is 0 Å². The van der Waals surface area contributed by atoms with Gasteiger partial charge >= 0.3 is 0 Å². The Labute approximate surface area is 134 Å². The Morgan fingerprint density at radius 2 is 2.27 bits per heavy atom. The largest absolute Gasteiger partial charge is 0.326 e. The molecule has 0 saturated carbocycles. The molecule has 0 spiro atoms. The number of amides is 2. The first-order chi connectivity index (χ1) is 10.7. The van der Waals surface area contributed by atoms with Crippen LogP contribution in [0.15, 0.2) is 29.3 Å². The summed E-state index contributed by atoms with van der Waals surface area (Å²) in [7, 11) is 0. The van der Waals surface area contributed by atoms with E-state index >= 15 is 0 Å². The molecule has 2 heterocycles. The van der Waals surface area contributed by atoms with Gasteiger partial charge in [-0.25, -0.2) is 0 Å². The Balaban J connectivity index is 1.64. The van der Waals surface area contributed by atoms with E-state index in [0.717, 1.165) is 42.3 Å². The molecule has 2 aliphatic heterocycles. The Bertz CT molecular complexity index is 630. The number of hydrogen-bond donors (Lipinski definition) is 1. The molecule has 2 aliphatic rings. The van der Waals surface area contributed by atoms with Gasteiger partial charge in [-0.15, -0.1) is 0 Å². The number of amidine groups is 1. The fraction of sp³-hybridized carbons (Fsp3) is 0.438. The van der Waals surface area contributed by atoms with Crippen LogP contribution in [0.2, 0.25) is 0 Å². The predicted molar refractivity (Wildman–Crippen MR) is 89.1 cm³/mol. The summed E-state index contributed by atoms with van der Waals surface area (Å²) in [5.41, 5.74) is 1.93. The van der Waals surface area contributed by atoms with Crippen LogP contribution in [-0.4, -0.2) is 40.2 Å². The van der Waals surface area contributed by atoms with Gasteiger partial charge in [-0.05, 0) is 24.5 Å². The number of nitrogens with one attached hydrogen (secondary N) is 1. The smallest absolute Gasteiger partial charge is 0.242 e.